The lowest BCUT2D eigenvalue weighted by Crippen LogP contribution is -2.74. The highest BCUT2D eigenvalue weighted by Crippen LogP contribution is 2.64. The highest BCUT2D eigenvalue weighted by Gasteiger charge is 2.95. The minimum atomic E-state index is -8.70. The summed E-state index contributed by atoms with van der Waals surface area (Å²) in [5.41, 5.74) is 0.184. The first-order chi connectivity index (χ1) is 18.6. The molecule has 0 aliphatic carbocycles. The van der Waals surface area contributed by atoms with Crippen molar-refractivity contribution < 1.29 is 84.2 Å². The topological polar surface area (TPSA) is 26.3 Å². The molecule has 0 amide bonds. The van der Waals surface area contributed by atoms with E-state index in [0.29, 0.717) is 10.8 Å². The van der Waals surface area contributed by atoms with E-state index in [4.69, 9.17) is 0 Å². The molecule has 42 heavy (non-hydrogen) atoms. The van der Waals surface area contributed by atoms with Crippen LogP contribution in [0.1, 0.15) is 31.4 Å². The molecule has 238 valence electrons. The van der Waals surface area contributed by atoms with Crippen LogP contribution in [0.15, 0.2) is 42.5 Å². The predicted octanol–water partition coefficient (Wildman–Crippen LogP) is 9.23. The Morgan fingerprint density at radius 3 is 1.52 bits per heavy atom. The van der Waals surface area contributed by atoms with Gasteiger partial charge in [-0.2, -0.15) is 74.6 Å². The van der Waals surface area contributed by atoms with Crippen LogP contribution in [0.4, 0.5) is 74.6 Å². The van der Waals surface area contributed by atoms with Gasteiger partial charge < -0.3 is 4.74 Å². The predicted molar refractivity (Wildman–Crippen MR) is 108 cm³/mol. The SMILES string of the molecule is C[C@H](OC(=O)CCC(F)(F)C(F)(F)C(F)(F)C(F)(F)C(F)(F)C(F)(F)C(F)(F)C(F)(F)F)c1ccc2ccccc2c1. The van der Waals surface area contributed by atoms with Gasteiger partial charge in [-0.15, -0.1) is 0 Å². The molecule has 0 radical (unpaired) electrons. The summed E-state index contributed by atoms with van der Waals surface area (Å²) in [5, 5.41) is 1.26. The molecule has 0 N–H and O–H groups in total. The van der Waals surface area contributed by atoms with Crippen LogP contribution in [0.25, 0.3) is 10.8 Å². The second-order valence-corrected chi connectivity index (χ2v) is 8.89. The van der Waals surface area contributed by atoms with Gasteiger partial charge >= 0.3 is 53.6 Å². The van der Waals surface area contributed by atoms with Crippen LogP contribution in [0, 0.1) is 0 Å². The summed E-state index contributed by atoms with van der Waals surface area (Å²) in [4.78, 5) is 11.9. The molecule has 2 nitrogen and oxygen atoms in total. The molecule has 0 saturated carbocycles. The maximum absolute atomic E-state index is 14.0. The number of benzene rings is 2. The Kier molecular flexibility index (Phi) is 8.88. The van der Waals surface area contributed by atoms with E-state index in [0.717, 1.165) is 6.92 Å². The van der Waals surface area contributed by atoms with Crippen molar-refractivity contribution in [3.63, 3.8) is 0 Å². The van der Waals surface area contributed by atoms with Crippen molar-refractivity contribution in [2.75, 3.05) is 0 Å². The summed E-state index contributed by atoms with van der Waals surface area (Å²) < 4.78 is 231. The number of hydrogen-bond acceptors (Lipinski definition) is 2. The standard InChI is InChI=1S/C23H15F17O2/c1-11(13-7-6-12-4-2-3-5-14(12)10-13)42-15(41)8-9-16(24,25)17(26,27)18(28,29)19(30,31)20(32,33)21(34,35)22(36,37)23(38,39)40/h2-7,10-11H,8-9H2,1H3/t11-/m0/s1. The third kappa shape index (κ3) is 5.42. The van der Waals surface area contributed by atoms with E-state index in [1.807, 2.05) is 0 Å². The number of esters is 1. The number of carbonyl (C=O) groups is 1. The lowest BCUT2D eigenvalue weighted by atomic mass is 9.88. The van der Waals surface area contributed by atoms with Gasteiger partial charge in [0, 0.05) is 6.42 Å². The first kappa shape index (κ1) is 35.2. The van der Waals surface area contributed by atoms with Crippen LogP contribution < -0.4 is 0 Å². The average Bonchev–Trinajstić information content (AvgIpc) is 2.85. The molecule has 1 atom stereocenters. The van der Waals surface area contributed by atoms with Gasteiger partial charge in [0.25, 0.3) is 0 Å². The van der Waals surface area contributed by atoms with Crippen molar-refractivity contribution in [2.45, 2.75) is 73.5 Å². The van der Waals surface area contributed by atoms with Crippen LogP contribution in [-0.2, 0) is 9.53 Å². The summed E-state index contributed by atoms with van der Waals surface area (Å²) in [5.74, 6) is -58.9. The summed E-state index contributed by atoms with van der Waals surface area (Å²) >= 11 is 0. The second kappa shape index (κ2) is 10.6. The smallest absolute Gasteiger partial charge is 0.458 e. The van der Waals surface area contributed by atoms with E-state index in [1.165, 1.54) is 18.2 Å². The van der Waals surface area contributed by atoms with Gasteiger partial charge in [0.1, 0.15) is 6.10 Å². The minimum Gasteiger partial charge on any atom is -0.458 e. The molecular formula is C23H15F17O2. The average molecular weight is 646 g/mol. The zero-order valence-corrected chi connectivity index (χ0v) is 20.3. The van der Waals surface area contributed by atoms with Crippen LogP contribution in [-0.4, -0.2) is 53.6 Å². The molecule has 19 heteroatoms. The minimum absolute atomic E-state index is 0.184. The molecule has 0 spiro atoms. The van der Waals surface area contributed by atoms with E-state index < -0.39 is 72.5 Å². The zero-order valence-electron chi connectivity index (χ0n) is 20.3. The van der Waals surface area contributed by atoms with E-state index >= 15 is 0 Å². The highest BCUT2D eigenvalue weighted by atomic mass is 19.4. The fraction of sp³-hybridized carbons (Fsp3) is 0.522. The monoisotopic (exact) mass is 646 g/mol. The molecule has 2 aromatic carbocycles. The molecule has 0 aliphatic heterocycles. The van der Waals surface area contributed by atoms with Crippen LogP contribution in [0.2, 0.25) is 0 Å². The Hall–Kier alpha value is -3.02. The van der Waals surface area contributed by atoms with E-state index in [9.17, 15) is 79.4 Å². The first-order valence-electron chi connectivity index (χ1n) is 11.0. The molecule has 0 aliphatic rings. The molecule has 0 bridgehead atoms. The maximum Gasteiger partial charge on any atom is 0.460 e. The number of rotatable bonds is 11. The van der Waals surface area contributed by atoms with Gasteiger partial charge in [0.2, 0.25) is 0 Å². The largest absolute Gasteiger partial charge is 0.460 e. The Balaban J connectivity index is 2.28. The summed E-state index contributed by atoms with van der Waals surface area (Å²) in [6.45, 7) is 1.13. The van der Waals surface area contributed by atoms with Gasteiger partial charge in [0.05, 0.1) is 6.42 Å². The number of hydrogen-bond donors (Lipinski definition) is 0. The van der Waals surface area contributed by atoms with Crippen molar-refractivity contribution in [1.29, 1.82) is 0 Å². The number of alkyl halides is 17. The number of carbonyl (C=O) groups excluding carboxylic acids is 1. The van der Waals surface area contributed by atoms with Gasteiger partial charge in [-0.1, -0.05) is 36.4 Å². The van der Waals surface area contributed by atoms with E-state index in [-0.39, 0.29) is 5.56 Å². The first-order valence-corrected chi connectivity index (χ1v) is 11.0. The quantitative estimate of drug-likeness (QED) is 0.180. The molecule has 0 saturated heterocycles. The van der Waals surface area contributed by atoms with Crippen LogP contribution in [0.3, 0.4) is 0 Å². The Bertz CT molecular complexity index is 1280. The maximum atomic E-state index is 14.0. The highest BCUT2D eigenvalue weighted by molar-refractivity contribution is 5.83. The van der Waals surface area contributed by atoms with Crippen molar-refractivity contribution >= 4 is 16.7 Å². The second-order valence-electron chi connectivity index (χ2n) is 8.89. The van der Waals surface area contributed by atoms with E-state index in [2.05, 4.69) is 4.74 Å². The van der Waals surface area contributed by atoms with Crippen molar-refractivity contribution in [3.05, 3.63) is 48.0 Å². The zero-order chi connectivity index (χ0) is 33.0. The lowest BCUT2D eigenvalue weighted by molar-refractivity contribution is -0.461. The van der Waals surface area contributed by atoms with E-state index in [1.54, 1.807) is 24.3 Å². The fourth-order valence-electron chi connectivity index (χ4n) is 3.40. The molecule has 0 aromatic heterocycles. The van der Waals surface area contributed by atoms with Crippen molar-refractivity contribution in [3.8, 4) is 0 Å². The fourth-order valence-corrected chi connectivity index (χ4v) is 3.40. The lowest BCUT2D eigenvalue weighted by Gasteiger charge is -2.42. The normalized spacial score (nSPS) is 15.6. The summed E-state index contributed by atoms with van der Waals surface area (Å²) in [6, 6.07) is 10.8. The Morgan fingerprint density at radius 2 is 1.05 bits per heavy atom. The summed E-state index contributed by atoms with van der Waals surface area (Å²) in [7, 11) is 0. The number of fused-ring (bicyclic) bond motifs is 1. The molecular weight excluding hydrogens is 631 g/mol. The summed E-state index contributed by atoms with van der Waals surface area (Å²) in [6.07, 6.45) is -14.0. The van der Waals surface area contributed by atoms with Crippen molar-refractivity contribution in [2.24, 2.45) is 0 Å². The van der Waals surface area contributed by atoms with Gasteiger partial charge in [-0.05, 0) is 29.3 Å². The van der Waals surface area contributed by atoms with Gasteiger partial charge in [-0.25, -0.2) is 0 Å². The van der Waals surface area contributed by atoms with Gasteiger partial charge in [-0.3, -0.25) is 4.79 Å². The van der Waals surface area contributed by atoms with Crippen LogP contribution >= 0.6 is 0 Å². The van der Waals surface area contributed by atoms with Crippen LogP contribution in [0.5, 0.6) is 0 Å². The number of halogens is 17. The Morgan fingerprint density at radius 1 is 0.619 bits per heavy atom. The van der Waals surface area contributed by atoms with Gasteiger partial charge in [0.15, 0.2) is 0 Å². The number of ether oxygens (including phenoxy) is 1. The molecule has 2 rings (SSSR count). The Labute approximate surface area is 223 Å². The third-order valence-corrected chi connectivity index (χ3v) is 5.98. The van der Waals surface area contributed by atoms with Crippen molar-refractivity contribution in [1.82, 2.24) is 0 Å². The molecule has 0 heterocycles. The third-order valence-electron chi connectivity index (χ3n) is 5.98. The molecule has 2 aromatic rings. The molecule has 0 unspecified atom stereocenters. The molecule has 0 fully saturated rings.